The monoisotopic (exact) mass is 302 g/mol. The average molecular weight is 304 g/mol. The minimum Gasteiger partial charge on any atom is -0.324 e. The van der Waals surface area contributed by atoms with Crippen molar-refractivity contribution in [1.82, 2.24) is 5.32 Å². The van der Waals surface area contributed by atoms with Gasteiger partial charge in [-0.25, -0.2) is 0 Å². The Bertz CT molecular complexity index is 407. The van der Waals surface area contributed by atoms with Crippen LogP contribution in [0, 0.1) is 0 Å². The smallest absolute Gasteiger partial charge is 0.238 e. The molecule has 1 aromatic rings. The highest BCUT2D eigenvalue weighted by Gasteiger charge is 2.21. The van der Waals surface area contributed by atoms with Gasteiger partial charge in [-0.2, -0.15) is 0 Å². The van der Waals surface area contributed by atoms with Gasteiger partial charge in [-0.05, 0) is 40.9 Å². The number of rotatable bonds is 4. The lowest BCUT2D eigenvalue weighted by Gasteiger charge is -2.08. The summed E-state index contributed by atoms with van der Waals surface area (Å²) in [5.41, 5.74) is 0.704. The van der Waals surface area contributed by atoms with Gasteiger partial charge in [0.2, 0.25) is 5.91 Å². The predicted octanol–water partition coefficient (Wildman–Crippen LogP) is 2.79. The second-order valence-corrected chi connectivity index (χ2v) is 5.00. The first-order chi connectivity index (χ1) is 7.66. The molecule has 86 valence electrons. The summed E-state index contributed by atoms with van der Waals surface area (Å²) in [6.07, 6.45) is 2.35. The van der Waals surface area contributed by atoms with E-state index in [9.17, 15) is 4.79 Å². The molecular weight excluding hydrogens is 291 g/mol. The Balaban J connectivity index is 1.91. The highest BCUT2D eigenvalue weighted by atomic mass is 79.9. The fourth-order valence-corrected chi connectivity index (χ4v) is 1.86. The molecule has 1 aromatic carbocycles. The molecule has 0 bridgehead atoms. The third kappa shape index (κ3) is 3.20. The lowest BCUT2D eigenvalue weighted by molar-refractivity contribution is -0.115. The maximum absolute atomic E-state index is 11.6. The molecule has 1 aliphatic carbocycles. The van der Waals surface area contributed by atoms with Crippen molar-refractivity contribution in [2.45, 2.75) is 18.9 Å². The van der Waals surface area contributed by atoms with Gasteiger partial charge >= 0.3 is 0 Å². The first-order valence-electron chi connectivity index (χ1n) is 5.14. The van der Waals surface area contributed by atoms with Gasteiger partial charge in [-0.15, -0.1) is 0 Å². The topological polar surface area (TPSA) is 41.1 Å². The van der Waals surface area contributed by atoms with Crippen LogP contribution < -0.4 is 10.6 Å². The van der Waals surface area contributed by atoms with Gasteiger partial charge in [-0.1, -0.05) is 17.7 Å². The van der Waals surface area contributed by atoms with Crippen LogP contribution >= 0.6 is 27.5 Å². The minimum atomic E-state index is -0.0464. The predicted molar refractivity (Wildman–Crippen MR) is 68.8 cm³/mol. The summed E-state index contributed by atoms with van der Waals surface area (Å²) in [7, 11) is 0. The summed E-state index contributed by atoms with van der Waals surface area (Å²) < 4.78 is 0.719. The van der Waals surface area contributed by atoms with Crippen LogP contribution in [-0.2, 0) is 4.79 Å². The highest BCUT2D eigenvalue weighted by Crippen LogP contribution is 2.29. The van der Waals surface area contributed by atoms with Gasteiger partial charge in [0.05, 0.1) is 21.7 Å². The third-order valence-electron chi connectivity index (χ3n) is 2.35. The standard InChI is InChI=1S/C11H12BrClN2O/c12-11-8(13)2-1-3-9(11)15-10(16)6-14-7-4-5-7/h1-3,7,14H,4-6H2,(H,15,16). The molecule has 0 aromatic heterocycles. The van der Waals surface area contributed by atoms with E-state index in [0.717, 1.165) is 4.47 Å². The highest BCUT2D eigenvalue weighted by molar-refractivity contribution is 9.10. The zero-order chi connectivity index (χ0) is 11.5. The van der Waals surface area contributed by atoms with E-state index >= 15 is 0 Å². The molecule has 1 aliphatic rings. The number of hydrogen-bond acceptors (Lipinski definition) is 2. The third-order valence-corrected chi connectivity index (χ3v) is 3.75. The largest absolute Gasteiger partial charge is 0.324 e. The molecule has 0 aliphatic heterocycles. The molecule has 0 saturated heterocycles. The summed E-state index contributed by atoms with van der Waals surface area (Å²) in [5, 5.41) is 6.54. The number of carbonyl (C=O) groups is 1. The molecule has 1 saturated carbocycles. The summed E-state index contributed by atoms with van der Waals surface area (Å²) in [6.45, 7) is 0.351. The molecule has 0 spiro atoms. The number of amides is 1. The summed E-state index contributed by atoms with van der Waals surface area (Å²) >= 11 is 9.25. The van der Waals surface area contributed by atoms with Crippen molar-refractivity contribution in [3.8, 4) is 0 Å². The molecule has 16 heavy (non-hydrogen) atoms. The molecule has 0 radical (unpaired) electrons. The van der Waals surface area contributed by atoms with Crippen molar-refractivity contribution in [3.63, 3.8) is 0 Å². The molecule has 3 nitrogen and oxygen atoms in total. The lowest BCUT2D eigenvalue weighted by atomic mass is 10.3. The van der Waals surface area contributed by atoms with Crippen LogP contribution in [0.15, 0.2) is 22.7 Å². The Hall–Kier alpha value is -0.580. The number of anilines is 1. The van der Waals surface area contributed by atoms with Crippen molar-refractivity contribution in [2.24, 2.45) is 0 Å². The van der Waals surface area contributed by atoms with Crippen molar-refractivity contribution < 1.29 is 4.79 Å². The molecule has 0 heterocycles. The molecule has 0 unspecified atom stereocenters. The van der Waals surface area contributed by atoms with E-state index in [1.54, 1.807) is 12.1 Å². The Morgan fingerprint density at radius 1 is 1.50 bits per heavy atom. The zero-order valence-corrected chi connectivity index (χ0v) is 10.9. The summed E-state index contributed by atoms with van der Waals surface area (Å²) in [6, 6.07) is 5.92. The Morgan fingerprint density at radius 2 is 2.25 bits per heavy atom. The number of hydrogen-bond donors (Lipinski definition) is 2. The van der Waals surface area contributed by atoms with E-state index in [1.165, 1.54) is 12.8 Å². The second kappa shape index (κ2) is 5.17. The Kier molecular flexibility index (Phi) is 3.84. The molecule has 2 N–H and O–H groups in total. The van der Waals surface area contributed by atoms with Gasteiger partial charge in [0, 0.05) is 6.04 Å². The molecule has 0 atom stereocenters. The van der Waals surface area contributed by atoms with Gasteiger partial charge in [-0.3, -0.25) is 4.79 Å². The maximum atomic E-state index is 11.6. The molecular formula is C11H12BrClN2O. The SMILES string of the molecule is O=C(CNC1CC1)Nc1cccc(Cl)c1Br. The van der Waals surface area contributed by atoms with Gasteiger partial charge in [0.1, 0.15) is 0 Å². The van der Waals surface area contributed by atoms with E-state index < -0.39 is 0 Å². The number of halogens is 2. The quantitative estimate of drug-likeness (QED) is 0.898. The minimum absolute atomic E-state index is 0.0464. The van der Waals surface area contributed by atoms with Crippen molar-refractivity contribution in [2.75, 3.05) is 11.9 Å². The maximum Gasteiger partial charge on any atom is 0.238 e. The van der Waals surface area contributed by atoms with Crippen LogP contribution in [0.2, 0.25) is 5.02 Å². The molecule has 2 rings (SSSR count). The van der Waals surface area contributed by atoms with E-state index in [4.69, 9.17) is 11.6 Å². The number of nitrogens with one attached hydrogen (secondary N) is 2. The van der Waals surface area contributed by atoms with Crippen LogP contribution in [0.3, 0.4) is 0 Å². The fourth-order valence-electron chi connectivity index (χ4n) is 1.32. The summed E-state index contributed by atoms with van der Waals surface area (Å²) in [4.78, 5) is 11.6. The summed E-state index contributed by atoms with van der Waals surface area (Å²) in [5.74, 6) is -0.0464. The molecule has 1 fully saturated rings. The Morgan fingerprint density at radius 3 is 2.94 bits per heavy atom. The van der Waals surface area contributed by atoms with Gasteiger partial charge in [0.25, 0.3) is 0 Å². The average Bonchev–Trinajstić information content (AvgIpc) is 3.06. The van der Waals surface area contributed by atoms with Crippen LogP contribution in [0.25, 0.3) is 0 Å². The normalized spacial score (nSPS) is 14.9. The van der Waals surface area contributed by atoms with Gasteiger partial charge in [0.15, 0.2) is 0 Å². The number of carbonyl (C=O) groups excluding carboxylic acids is 1. The fraction of sp³-hybridized carbons (Fsp3) is 0.364. The molecule has 1 amide bonds. The first-order valence-corrected chi connectivity index (χ1v) is 6.31. The lowest BCUT2D eigenvalue weighted by Crippen LogP contribution is -2.29. The zero-order valence-electron chi connectivity index (χ0n) is 8.59. The van der Waals surface area contributed by atoms with Crippen molar-refractivity contribution in [3.05, 3.63) is 27.7 Å². The van der Waals surface area contributed by atoms with Gasteiger partial charge < -0.3 is 10.6 Å². The van der Waals surface area contributed by atoms with E-state index in [1.807, 2.05) is 6.07 Å². The number of benzene rings is 1. The van der Waals surface area contributed by atoms with E-state index in [2.05, 4.69) is 26.6 Å². The van der Waals surface area contributed by atoms with Crippen LogP contribution in [0.1, 0.15) is 12.8 Å². The van der Waals surface area contributed by atoms with E-state index in [-0.39, 0.29) is 5.91 Å². The van der Waals surface area contributed by atoms with Crippen LogP contribution in [-0.4, -0.2) is 18.5 Å². The Labute approximate surface area is 108 Å². The van der Waals surface area contributed by atoms with Crippen LogP contribution in [0.4, 0.5) is 5.69 Å². The van der Waals surface area contributed by atoms with E-state index in [0.29, 0.717) is 23.3 Å². The van der Waals surface area contributed by atoms with Crippen molar-refractivity contribution >= 4 is 39.1 Å². The van der Waals surface area contributed by atoms with Crippen molar-refractivity contribution in [1.29, 1.82) is 0 Å². The van der Waals surface area contributed by atoms with Crippen LogP contribution in [0.5, 0.6) is 0 Å². The first kappa shape index (κ1) is 11.9. The second-order valence-electron chi connectivity index (χ2n) is 3.80. The molecule has 5 heteroatoms.